The van der Waals surface area contributed by atoms with Crippen molar-refractivity contribution in [3.05, 3.63) is 28.8 Å². The smallest absolute Gasteiger partial charge is 0.243 e. The van der Waals surface area contributed by atoms with Gasteiger partial charge in [-0.2, -0.15) is 0 Å². The molecular weight excluding hydrogens is 546 g/mol. The molecule has 1 aliphatic carbocycles. The van der Waals surface area contributed by atoms with Gasteiger partial charge in [0, 0.05) is 25.4 Å². The highest BCUT2D eigenvalue weighted by molar-refractivity contribution is 7.90. The summed E-state index contributed by atoms with van der Waals surface area (Å²) >= 11 is 1.55. The minimum atomic E-state index is -3.49. The van der Waals surface area contributed by atoms with E-state index in [2.05, 4.69) is 46.7 Å². The summed E-state index contributed by atoms with van der Waals surface area (Å²) in [5.74, 6) is 0.0962. The standard InChI is InChI=1S/C29H45N5O4S2/c1-4-27(35)32-24(17-28-33-23-11-10-21(19(2)3)16-26(23)39-28)29(36)34-25(20-8-6-5-7-9-20)18-31-40(37,38)22-12-14-30-15-13-22/h10-11,16,19-20,22,24-25,30-31H,4-9,12-15,17-18H2,1-3H3,(H,32,35)(H,34,36)/t24-,25+/m0/s1. The van der Waals surface area contributed by atoms with Crippen molar-refractivity contribution in [3.8, 4) is 0 Å². The van der Waals surface area contributed by atoms with Gasteiger partial charge >= 0.3 is 0 Å². The van der Waals surface area contributed by atoms with Gasteiger partial charge < -0.3 is 16.0 Å². The van der Waals surface area contributed by atoms with Crippen LogP contribution in [0.4, 0.5) is 0 Å². The molecule has 222 valence electrons. The molecule has 0 unspecified atom stereocenters. The second-order valence-corrected chi connectivity index (χ2v) is 14.7. The van der Waals surface area contributed by atoms with Gasteiger partial charge in [-0.05, 0) is 68.3 Å². The average Bonchev–Trinajstić information content (AvgIpc) is 3.37. The van der Waals surface area contributed by atoms with Crippen LogP contribution in [-0.4, -0.2) is 62.2 Å². The van der Waals surface area contributed by atoms with Crippen LogP contribution < -0.4 is 20.7 Å². The summed E-state index contributed by atoms with van der Waals surface area (Å²) in [7, 11) is -3.49. The maximum Gasteiger partial charge on any atom is 0.243 e. The molecule has 1 saturated heterocycles. The fourth-order valence-corrected chi connectivity index (χ4v) is 8.27. The molecule has 11 heteroatoms. The van der Waals surface area contributed by atoms with Crippen LogP contribution in [0, 0.1) is 5.92 Å². The highest BCUT2D eigenvalue weighted by atomic mass is 32.2. The van der Waals surface area contributed by atoms with Gasteiger partial charge in [0.2, 0.25) is 21.8 Å². The fraction of sp³-hybridized carbons (Fsp3) is 0.690. The molecular formula is C29H45N5O4S2. The van der Waals surface area contributed by atoms with Gasteiger partial charge in [0.1, 0.15) is 6.04 Å². The SMILES string of the molecule is CCC(=O)N[C@@H](Cc1nc2ccc(C(C)C)cc2s1)C(=O)N[C@H](CNS(=O)(=O)C1CCNCC1)C1CCCCC1. The van der Waals surface area contributed by atoms with E-state index in [4.69, 9.17) is 4.98 Å². The summed E-state index contributed by atoms with van der Waals surface area (Å²) in [6, 6.07) is 5.12. The van der Waals surface area contributed by atoms with Crippen molar-refractivity contribution in [2.75, 3.05) is 19.6 Å². The Morgan fingerprint density at radius 3 is 2.48 bits per heavy atom. The topological polar surface area (TPSA) is 129 Å². The molecule has 0 spiro atoms. The molecule has 2 fully saturated rings. The largest absolute Gasteiger partial charge is 0.350 e. The monoisotopic (exact) mass is 591 g/mol. The number of hydrogen-bond donors (Lipinski definition) is 4. The molecule has 2 amide bonds. The van der Waals surface area contributed by atoms with Crippen LogP contribution in [0.1, 0.15) is 88.6 Å². The molecule has 0 radical (unpaired) electrons. The second-order valence-electron chi connectivity index (χ2n) is 11.5. The van der Waals surface area contributed by atoms with Crippen molar-refractivity contribution >= 4 is 43.4 Å². The maximum absolute atomic E-state index is 13.7. The van der Waals surface area contributed by atoms with Crippen LogP contribution in [0.15, 0.2) is 18.2 Å². The predicted molar refractivity (Wildman–Crippen MR) is 161 cm³/mol. The summed E-state index contributed by atoms with van der Waals surface area (Å²) in [6.45, 7) is 7.61. The zero-order valence-corrected chi connectivity index (χ0v) is 25.6. The molecule has 2 aromatic rings. The van der Waals surface area contributed by atoms with Gasteiger partial charge in [-0.1, -0.05) is 46.1 Å². The number of benzene rings is 1. The minimum Gasteiger partial charge on any atom is -0.350 e. The van der Waals surface area contributed by atoms with Gasteiger partial charge in [-0.3, -0.25) is 9.59 Å². The number of sulfonamides is 1. The van der Waals surface area contributed by atoms with Crippen LogP contribution in [0.2, 0.25) is 0 Å². The molecule has 2 atom stereocenters. The van der Waals surface area contributed by atoms with E-state index in [1.807, 2.05) is 6.07 Å². The Balaban J connectivity index is 1.50. The Kier molecular flexibility index (Phi) is 11.0. The lowest BCUT2D eigenvalue weighted by atomic mass is 9.83. The Morgan fingerprint density at radius 2 is 1.80 bits per heavy atom. The molecule has 0 bridgehead atoms. The molecule has 2 aliphatic rings. The summed E-state index contributed by atoms with van der Waals surface area (Å²) in [4.78, 5) is 30.9. The lowest BCUT2D eigenvalue weighted by Gasteiger charge is -2.33. The maximum atomic E-state index is 13.7. The van der Waals surface area contributed by atoms with Crippen LogP contribution >= 0.6 is 11.3 Å². The minimum absolute atomic E-state index is 0.163. The Morgan fingerprint density at radius 1 is 1.07 bits per heavy atom. The molecule has 9 nitrogen and oxygen atoms in total. The molecule has 4 rings (SSSR count). The van der Waals surface area contributed by atoms with Crippen LogP contribution in [-0.2, 0) is 26.0 Å². The number of rotatable bonds is 12. The van der Waals surface area contributed by atoms with Crippen LogP contribution in [0.25, 0.3) is 10.2 Å². The van der Waals surface area contributed by atoms with Gasteiger partial charge in [0.15, 0.2) is 0 Å². The van der Waals surface area contributed by atoms with E-state index >= 15 is 0 Å². The first-order valence-electron chi connectivity index (χ1n) is 14.8. The summed E-state index contributed by atoms with van der Waals surface area (Å²) < 4.78 is 30.0. The summed E-state index contributed by atoms with van der Waals surface area (Å²) in [6.07, 6.45) is 6.91. The zero-order chi connectivity index (χ0) is 28.7. The number of carbonyl (C=O) groups is 2. The fourth-order valence-electron chi connectivity index (χ4n) is 5.70. The molecule has 40 heavy (non-hydrogen) atoms. The normalized spacial score (nSPS) is 19.0. The number of nitrogens with one attached hydrogen (secondary N) is 4. The Hall–Kier alpha value is -2.08. The summed E-state index contributed by atoms with van der Waals surface area (Å²) in [5, 5.41) is 9.63. The van der Waals surface area contributed by atoms with Gasteiger partial charge in [0.25, 0.3) is 0 Å². The number of fused-ring (bicyclic) bond motifs is 1. The van der Waals surface area contributed by atoms with E-state index in [0.717, 1.165) is 47.3 Å². The molecule has 1 aliphatic heterocycles. The molecule has 4 N–H and O–H groups in total. The van der Waals surface area contributed by atoms with E-state index in [9.17, 15) is 18.0 Å². The van der Waals surface area contributed by atoms with E-state index in [-0.39, 0.29) is 43.2 Å². The van der Waals surface area contributed by atoms with Crippen molar-refractivity contribution in [1.29, 1.82) is 0 Å². The van der Waals surface area contributed by atoms with Crippen LogP contribution in [0.3, 0.4) is 0 Å². The quantitative estimate of drug-likeness (QED) is 0.299. The van der Waals surface area contributed by atoms with Gasteiger partial charge in [-0.15, -0.1) is 11.3 Å². The number of thiazole rings is 1. The third-order valence-electron chi connectivity index (χ3n) is 8.25. The van der Waals surface area contributed by atoms with E-state index < -0.39 is 21.3 Å². The number of nitrogens with zero attached hydrogens (tertiary/aromatic N) is 1. The first-order chi connectivity index (χ1) is 19.2. The average molecular weight is 592 g/mol. The molecule has 1 aromatic heterocycles. The predicted octanol–water partition coefficient (Wildman–Crippen LogP) is 3.59. The molecule has 2 heterocycles. The lowest BCUT2D eigenvalue weighted by Crippen LogP contribution is -2.55. The van der Waals surface area contributed by atoms with Gasteiger partial charge in [-0.25, -0.2) is 18.1 Å². The third kappa shape index (κ3) is 8.24. The highest BCUT2D eigenvalue weighted by Gasteiger charge is 2.32. The van der Waals surface area contributed by atoms with Crippen molar-refractivity contribution in [1.82, 2.24) is 25.7 Å². The van der Waals surface area contributed by atoms with E-state index in [1.165, 1.54) is 5.56 Å². The second kappa shape index (κ2) is 14.2. The lowest BCUT2D eigenvalue weighted by molar-refractivity contribution is -0.129. The highest BCUT2D eigenvalue weighted by Crippen LogP contribution is 2.28. The number of amides is 2. The van der Waals surface area contributed by atoms with Gasteiger partial charge in [0.05, 0.1) is 20.5 Å². The Labute approximate surface area is 242 Å². The first-order valence-corrected chi connectivity index (χ1v) is 17.2. The molecule has 1 aromatic carbocycles. The van der Waals surface area contributed by atoms with Crippen LogP contribution in [0.5, 0.6) is 0 Å². The first kappa shape index (κ1) is 30.9. The van der Waals surface area contributed by atoms with Crippen molar-refractivity contribution < 1.29 is 18.0 Å². The number of aromatic nitrogens is 1. The third-order valence-corrected chi connectivity index (χ3v) is 11.2. The van der Waals surface area contributed by atoms with Crippen molar-refractivity contribution in [2.24, 2.45) is 5.92 Å². The zero-order valence-electron chi connectivity index (χ0n) is 24.0. The number of hydrogen-bond acceptors (Lipinski definition) is 7. The number of piperidine rings is 1. The summed E-state index contributed by atoms with van der Waals surface area (Å²) in [5.41, 5.74) is 2.12. The molecule has 1 saturated carbocycles. The van der Waals surface area contributed by atoms with E-state index in [0.29, 0.717) is 31.8 Å². The van der Waals surface area contributed by atoms with Crippen molar-refractivity contribution in [3.63, 3.8) is 0 Å². The number of carbonyl (C=O) groups excluding carboxylic acids is 2. The Bertz CT molecular complexity index is 1250. The van der Waals surface area contributed by atoms with Crippen molar-refractivity contribution in [2.45, 2.75) is 102 Å². The van der Waals surface area contributed by atoms with E-state index in [1.54, 1.807) is 18.3 Å².